The van der Waals surface area contributed by atoms with Crippen LogP contribution in [0.15, 0.2) is 54.6 Å². The standard InChI is InChI=1S/C21H24N4O3/c1-24(2)17-10-8-16(9-11-17)23-19(26)13-22-21(28)15-12-20(27)25(14-15)18-6-4-3-5-7-18/h3-11,15H,12-14H2,1-2H3,(H,22,28)(H,23,26). The summed E-state index contributed by atoms with van der Waals surface area (Å²) in [6.45, 7) is 0.187. The third kappa shape index (κ3) is 4.68. The first-order chi connectivity index (χ1) is 13.4. The number of nitrogens with one attached hydrogen (secondary N) is 2. The van der Waals surface area contributed by atoms with Crippen molar-refractivity contribution >= 4 is 34.8 Å². The first-order valence-corrected chi connectivity index (χ1v) is 9.14. The Morgan fingerprint density at radius 2 is 1.75 bits per heavy atom. The summed E-state index contributed by atoms with van der Waals surface area (Å²) in [6, 6.07) is 16.7. The van der Waals surface area contributed by atoms with Crippen molar-refractivity contribution < 1.29 is 14.4 Å². The van der Waals surface area contributed by atoms with Crippen molar-refractivity contribution in [1.29, 1.82) is 0 Å². The molecule has 28 heavy (non-hydrogen) atoms. The molecule has 1 fully saturated rings. The van der Waals surface area contributed by atoms with Crippen molar-refractivity contribution in [3.8, 4) is 0 Å². The lowest BCUT2D eigenvalue weighted by molar-refractivity contribution is -0.127. The van der Waals surface area contributed by atoms with Crippen molar-refractivity contribution in [2.75, 3.05) is 42.3 Å². The van der Waals surface area contributed by atoms with Crippen LogP contribution >= 0.6 is 0 Å². The minimum absolute atomic E-state index is 0.0863. The molecule has 2 N–H and O–H groups in total. The normalized spacial score (nSPS) is 16.0. The van der Waals surface area contributed by atoms with Crippen LogP contribution in [0.1, 0.15) is 6.42 Å². The Kier molecular flexibility index (Phi) is 5.93. The number of rotatable bonds is 6. The van der Waals surface area contributed by atoms with Crippen molar-refractivity contribution in [2.24, 2.45) is 5.92 Å². The predicted molar refractivity (Wildman–Crippen MR) is 109 cm³/mol. The SMILES string of the molecule is CN(C)c1ccc(NC(=O)CNC(=O)C2CC(=O)N(c3ccccc3)C2)cc1. The van der Waals surface area contributed by atoms with Crippen molar-refractivity contribution in [1.82, 2.24) is 5.32 Å². The lowest BCUT2D eigenvalue weighted by Crippen LogP contribution is -2.37. The van der Waals surface area contributed by atoms with Crippen molar-refractivity contribution in [3.63, 3.8) is 0 Å². The van der Waals surface area contributed by atoms with Crippen LogP contribution in [-0.4, -0.2) is 44.9 Å². The van der Waals surface area contributed by atoms with Gasteiger partial charge in [-0.2, -0.15) is 0 Å². The molecule has 1 aliphatic heterocycles. The minimum Gasteiger partial charge on any atom is -0.378 e. The van der Waals surface area contributed by atoms with Gasteiger partial charge in [0, 0.05) is 44.1 Å². The molecule has 0 aliphatic carbocycles. The lowest BCUT2D eigenvalue weighted by atomic mass is 10.1. The van der Waals surface area contributed by atoms with Crippen LogP contribution in [0.2, 0.25) is 0 Å². The average Bonchev–Trinajstić information content (AvgIpc) is 3.09. The molecule has 1 unspecified atom stereocenters. The number of para-hydroxylation sites is 1. The Labute approximate surface area is 164 Å². The molecular weight excluding hydrogens is 356 g/mol. The van der Waals surface area contributed by atoms with Gasteiger partial charge in [-0.1, -0.05) is 18.2 Å². The highest BCUT2D eigenvalue weighted by Crippen LogP contribution is 2.24. The maximum atomic E-state index is 12.4. The Bertz CT molecular complexity index is 850. The van der Waals surface area contributed by atoms with Gasteiger partial charge < -0.3 is 20.4 Å². The zero-order valence-corrected chi connectivity index (χ0v) is 16.0. The summed E-state index contributed by atoms with van der Waals surface area (Å²) in [5.74, 6) is -1.14. The van der Waals surface area contributed by atoms with Gasteiger partial charge in [0.15, 0.2) is 0 Å². The smallest absolute Gasteiger partial charge is 0.243 e. The summed E-state index contributed by atoms with van der Waals surface area (Å²) in [5, 5.41) is 5.38. The van der Waals surface area contributed by atoms with Gasteiger partial charge in [0.1, 0.15) is 0 Å². The Balaban J connectivity index is 1.48. The Morgan fingerprint density at radius 3 is 2.39 bits per heavy atom. The summed E-state index contributed by atoms with van der Waals surface area (Å²) in [5.41, 5.74) is 2.47. The van der Waals surface area contributed by atoms with E-state index in [-0.39, 0.29) is 30.7 Å². The molecule has 2 aromatic rings. The minimum atomic E-state index is -0.458. The summed E-state index contributed by atoms with van der Waals surface area (Å²) < 4.78 is 0. The van der Waals surface area contributed by atoms with E-state index in [9.17, 15) is 14.4 Å². The van der Waals surface area contributed by atoms with E-state index in [1.807, 2.05) is 73.6 Å². The van der Waals surface area contributed by atoms with Gasteiger partial charge in [-0.3, -0.25) is 14.4 Å². The zero-order chi connectivity index (χ0) is 20.1. The topological polar surface area (TPSA) is 81.8 Å². The third-order valence-electron chi connectivity index (χ3n) is 4.65. The van der Waals surface area contributed by atoms with E-state index in [1.54, 1.807) is 4.90 Å². The summed E-state index contributed by atoms with van der Waals surface area (Å²) in [6.07, 6.45) is 0.147. The van der Waals surface area contributed by atoms with Crippen LogP contribution in [0.25, 0.3) is 0 Å². The summed E-state index contributed by atoms with van der Waals surface area (Å²) in [4.78, 5) is 40.2. The van der Waals surface area contributed by atoms with Gasteiger partial charge in [-0.15, -0.1) is 0 Å². The number of carbonyl (C=O) groups is 3. The number of benzene rings is 2. The number of amides is 3. The first kappa shape index (κ1) is 19.4. The number of anilines is 3. The molecule has 3 rings (SSSR count). The quantitative estimate of drug-likeness (QED) is 0.802. The van der Waals surface area contributed by atoms with Crippen LogP contribution < -0.4 is 20.4 Å². The van der Waals surface area contributed by atoms with Crippen LogP contribution in [0.5, 0.6) is 0 Å². The third-order valence-corrected chi connectivity index (χ3v) is 4.65. The molecule has 0 radical (unpaired) electrons. The molecule has 7 heteroatoms. The summed E-state index contributed by atoms with van der Waals surface area (Å²) in [7, 11) is 3.88. The monoisotopic (exact) mass is 380 g/mol. The highest BCUT2D eigenvalue weighted by Gasteiger charge is 2.35. The predicted octanol–water partition coefficient (Wildman–Crippen LogP) is 1.86. The molecule has 2 aromatic carbocycles. The number of nitrogens with zero attached hydrogens (tertiary/aromatic N) is 2. The van der Waals surface area contributed by atoms with E-state index < -0.39 is 5.92 Å². The second kappa shape index (κ2) is 8.56. The fraction of sp³-hybridized carbons (Fsp3) is 0.286. The maximum absolute atomic E-state index is 12.4. The van der Waals surface area contributed by atoms with E-state index in [2.05, 4.69) is 10.6 Å². The largest absolute Gasteiger partial charge is 0.378 e. The molecular formula is C21H24N4O3. The molecule has 7 nitrogen and oxygen atoms in total. The lowest BCUT2D eigenvalue weighted by Gasteiger charge is -2.16. The van der Waals surface area contributed by atoms with Gasteiger partial charge in [-0.05, 0) is 36.4 Å². The molecule has 3 amide bonds. The number of hydrogen-bond acceptors (Lipinski definition) is 4. The van der Waals surface area contributed by atoms with Gasteiger partial charge in [-0.25, -0.2) is 0 Å². The second-order valence-electron chi connectivity index (χ2n) is 6.95. The summed E-state index contributed by atoms with van der Waals surface area (Å²) >= 11 is 0. The van der Waals surface area contributed by atoms with Gasteiger partial charge in [0.2, 0.25) is 17.7 Å². The average molecular weight is 380 g/mol. The van der Waals surface area contributed by atoms with Gasteiger partial charge in [0.05, 0.1) is 12.5 Å². The van der Waals surface area contributed by atoms with Crippen LogP contribution in [0.4, 0.5) is 17.1 Å². The van der Waals surface area contributed by atoms with Crippen LogP contribution in [-0.2, 0) is 14.4 Å². The second-order valence-corrected chi connectivity index (χ2v) is 6.95. The zero-order valence-electron chi connectivity index (χ0n) is 16.0. The van der Waals surface area contributed by atoms with E-state index >= 15 is 0 Å². The first-order valence-electron chi connectivity index (χ1n) is 9.14. The van der Waals surface area contributed by atoms with Crippen LogP contribution in [0.3, 0.4) is 0 Å². The molecule has 1 heterocycles. The van der Waals surface area contributed by atoms with Crippen molar-refractivity contribution in [2.45, 2.75) is 6.42 Å². The fourth-order valence-electron chi connectivity index (χ4n) is 3.10. The highest BCUT2D eigenvalue weighted by atomic mass is 16.2. The van der Waals surface area contributed by atoms with E-state index in [0.717, 1.165) is 11.4 Å². The van der Waals surface area contributed by atoms with E-state index in [4.69, 9.17) is 0 Å². The molecule has 1 aliphatic rings. The van der Waals surface area contributed by atoms with E-state index in [1.165, 1.54) is 0 Å². The molecule has 0 saturated carbocycles. The molecule has 0 spiro atoms. The van der Waals surface area contributed by atoms with Crippen LogP contribution in [0, 0.1) is 5.92 Å². The van der Waals surface area contributed by atoms with E-state index in [0.29, 0.717) is 12.2 Å². The highest BCUT2D eigenvalue weighted by molar-refractivity contribution is 6.01. The number of carbonyl (C=O) groups excluding carboxylic acids is 3. The maximum Gasteiger partial charge on any atom is 0.243 e. The van der Waals surface area contributed by atoms with Gasteiger partial charge in [0.25, 0.3) is 0 Å². The molecule has 1 atom stereocenters. The fourth-order valence-corrected chi connectivity index (χ4v) is 3.10. The molecule has 146 valence electrons. The van der Waals surface area contributed by atoms with Gasteiger partial charge >= 0.3 is 0 Å². The van der Waals surface area contributed by atoms with Crippen molar-refractivity contribution in [3.05, 3.63) is 54.6 Å². The molecule has 0 aromatic heterocycles. The molecule has 1 saturated heterocycles. The Morgan fingerprint density at radius 1 is 1.07 bits per heavy atom. The number of hydrogen-bond donors (Lipinski definition) is 2. The Hall–Kier alpha value is -3.35. The molecule has 0 bridgehead atoms.